The summed E-state index contributed by atoms with van der Waals surface area (Å²) in [4.78, 5) is 15.5. The number of hydrogen-bond donors (Lipinski definition) is 2. The molecule has 0 fully saturated rings. The topological polar surface area (TPSA) is 80.5 Å². The molecule has 18 heavy (non-hydrogen) atoms. The number of anilines is 1. The van der Waals surface area contributed by atoms with Gasteiger partial charge in [-0.25, -0.2) is 15.0 Å². The molecule has 92 valence electrons. The van der Waals surface area contributed by atoms with E-state index in [0.717, 1.165) is 5.56 Å². The van der Waals surface area contributed by atoms with E-state index in [2.05, 4.69) is 19.9 Å². The Balaban J connectivity index is 0.00000120. The largest absolute Gasteiger partial charge is 0.382 e. The molecule has 0 radical (unpaired) electrons. The van der Waals surface area contributed by atoms with Crippen LogP contribution in [0.1, 0.15) is 0 Å². The third-order valence-corrected chi connectivity index (χ3v) is 2.63. The Labute approximate surface area is 114 Å². The second kappa shape index (κ2) is 4.80. The van der Waals surface area contributed by atoms with Crippen LogP contribution < -0.4 is 5.73 Å². The summed E-state index contributed by atoms with van der Waals surface area (Å²) in [6, 6.07) is 7.29. The summed E-state index contributed by atoms with van der Waals surface area (Å²) in [5.74, 6) is 0.895. The number of hydrogen-bond acceptors (Lipinski definition) is 4. The van der Waals surface area contributed by atoms with Crippen LogP contribution in [-0.2, 0) is 0 Å². The number of nitrogens with one attached hydrogen (secondary N) is 1. The van der Waals surface area contributed by atoms with Crippen molar-refractivity contribution in [3.63, 3.8) is 0 Å². The van der Waals surface area contributed by atoms with Crippen LogP contribution in [0.5, 0.6) is 0 Å². The zero-order valence-electron chi connectivity index (χ0n) is 9.09. The molecule has 1 aromatic carbocycles. The predicted molar refractivity (Wildman–Crippen MR) is 73.8 cm³/mol. The Hall–Kier alpha value is -1.85. The molecule has 0 aliphatic rings. The van der Waals surface area contributed by atoms with Crippen molar-refractivity contribution in [1.82, 2.24) is 19.9 Å². The van der Waals surface area contributed by atoms with Crippen molar-refractivity contribution < 1.29 is 0 Å². The van der Waals surface area contributed by atoms with Gasteiger partial charge in [0, 0.05) is 10.6 Å². The van der Waals surface area contributed by atoms with Crippen molar-refractivity contribution >= 4 is 41.0 Å². The van der Waals surface area contributed by atoms with Gasteiger partial charge in [0.2, 0.25) is 0 Å². The number of fused-ring (bicyclic) bond motifs is 1. The van der Waals surface area contributed by atoms with Crippen LogP contribution >= 0.6 is 24.0 Å². The van der Waals surface area contributed by atoms with Gasteiger partial charge in [0.15, 0.2) is 17.3 Å². The Bertz CT molecular complexity index is 695. The highest BCUT2D eigenvalue weighted by molar-refractivity contribution is 6.30. The number of halogens is 2. The number of H-pyrrole nitrogens is 1. The van der Waals surface area contributed by atoms with E-state index in [1.165, 1.54) is 6.33 Å². The molecule has 0 saturated heterocycles. The molecular formula is C11H9Cl2N5. The highest BCUT2D eigenvalue weighted by Gasteiger charge is 2.08. The highest BCUT2D eigenvalue weighted by Crippen LogP contribution is 2.22. The molecule has 0 spiro atoms. The Morgan fingerprint density at radius 3 is 2.83 bits per heavy atom. The molecule has 3 N–H and O–H groups in total. The maximum Gasteiger partial charge on any atom is 0.183 e. The Morgan fingerprint density at radius 2 is 2.06 bits per heavy atom. The second-order valence-electron chi connectivity index (χ2n) is 3.54. The van der Waals surface area contributed by atoms with E-state index in [9.17, 15) is 0 Å². The lowest BCUT2D eigenvalue weighted by atomic mass is 10.2. The number of nitrogens with zero attached hydrogens (tertiary/aromatic N) is 3. The van der Waals surface area contributed by atoms with Crippen LogP contribution in [0.3, 0.4) is 0 Å². The third kappa shape index (κ3) is 2.10. The van der Waals surface area contributed by atoms with E-state index in [-0.39, 0.29) is 12.4 Å². The minimum Gasteiger partial charge on any atom is -0.382 e. The van der Waals surface area contributed by atoms with Crippen molar-refractivity contribution in [2.75, 3.05) is 5.73 Å². The number of rotatable bonds is 1. The average Bonchev–Trinajstić information content (AvgIpc) is 2.77. The molecule has 0 saturated carbocycles. The quantitative estimate of drug-likeness (QED) is 0.719. The maximum atomic E-state index is 5.92. The number of benzene rings is 1. The van der Waals surface area contributed by atoms with Crippen LogP contribution in [0, 0.1) is 0 Å². The van der Waals surface area contributed by atoms with Gasteiger partial charge in [0.1, 0.15) is 5.52 Å². The molecule has 3 aromatic rings. The molecule has 7 heteroatoms. The number of aromatic nitrogens is 4. The first-order valence-corrected chi connectivity index (χ1v) is 5.34. The summed E-state index contributed by atoms with van der Waals surface area (Å²) >= 11 is 5.92. The fraction of sp³-hybridized carbons (Fsp3) is 0. The third-order valence-electron chi connectivity index (χ3n) is 2.40. The van der Waals surface area contributed by atoms with E-state index in [0.29, 0.717) is 27.8 Å². The Morgan fingerprint density at radius 1 is 1.22 bits per heavy atom. The van der Waals surface area contributed by atoms with Crippen LogP contribution in [0.25, 0.3) is 22.6 Å². The van der Waals surface area contributed by atoms with Gasteiger partial charge in [-0.1, -0.05) is 23.7 Å². The minimum atomic E-state index is 0. The van der Waals surface area contributed by atoms with Crippen LogP contribution in [0.15, 0.2) is 30.6 Å². The number of nitrogens with two attached hydrogens (primary N) is 1. The lowest BCUT2D eigenvalue weighted by Gasteiger charge is -2.02. The van der Waals surface area contributed by atoms with Crippen molar-refractivity contribution in [3.05, 3.63) is 35.6 Å². The summed E-state index contributed by atoms with van der Waals surface area (Å²) < 4.78 is 0. The first-order chi connectivity index (χ1) is 8.24. The maximum absolute atomic E-state index is 5.92. The molecule has 2 aromatic heterocycles. The predicted octanol–water partition coefficient (Wildman–Crippen LogP) is 2.68. The van der Waals surface area contributed by atoms with E-state index in [4.69, 9.17) is 17.3 Å². The van der Waals surface area contributed by atoms with Gasteiger partial charge in [0.25, 0.3) is 0 Å². The van der Waals surface area contributed by atoms with Crippen molar-refractivity contribution in [2.24, 2.45) is 0 Å². The average molecular weight is 282 g/mol. The molecular weight excluding hydrogens is 273 g/mol. The summed E-state index contributed by atoms with van der Waals surface area (Å²) in [5.41, 5.74) is 7.83. The number of imidazole rings is 1. The molecule has 0 aliphatic carbocycles. The molecule has 3 rings (SSSR count). The zero-order valence-corrected chi connectivity index (χ0v) is 10.7. The Kier molecular flexibility index (Phi) is 3.36. The summed E-state index contributed by atoms with van der Waals surface area (Å²) in [6.45, 7) is 0. The molecule has 5 nitrogen and oxygen atoms in total. The van der Waals surface area contributed by atoms with Gasteiger partial charge in [-0.3, -0.25) is 0 Å². The molecule has 0 atom stereocenters. The molecule has 0 amide bonds. The summed E-state index contributed by atoms with van der Waals surface area (Å²) in [7, 11) is 0. The lowest BCUT2D eigenvalue weighted by Crippen LogP contribution is -1.97. The van der Waals surface area contributed by atoms with Crippen LogP contribution in [0.2, 0.25) is 5.02 Å². The van der Waals surface area contributed by atoms with Crippen LogP contribution in [0.4, 0.5) is 5.82 Å². The van der Waals surface area contributed by atoms with Gasteiger partial charge in [-0.15, -0.1) is 12.4 Å². The fourth-order valence-corrected chi connectivity index (χ4v) is 1.80. The number of aromatic amines is 1. The van der Waals surface area contributed by atoms with Gasteiger partial charge in [0.05, 0.1) is 6.33 Å². The highest BCUT2D eigenvalue weighted by atomic mass is 35.5. The standard InChI is InChI=1S/C11H8ClN5.ClH/c12-7-3-1-2-6(4-7)10-16-9(13)8-11(17-10)15-5-14-8;/h1-5H,(H3,13,14,15,16,17);1H. The van der Waals surface area contributed by atoms with Crippen LogP contribution in [-0.4, -0.2) is 19.9 Å². The molecule has 0 bridgehead atoms. The van der Waals surface area contributed by atoms with Crippen molar-refractivity contribution in [2.45, 2.75) is 0 Å². The molecule has 2 heterocycles. The van der Waals surface area contributed by atoms with E-state index >= 15 is 0 Å². The van der Waals surface area contributed by atoms with Crippen molar-refractivity contribution in [1.29, 1.82) is 0 Å². The summed E-state index contributed by atoms with van der Waals surface area (Å²) in [6.07, 6.45) is 1.54. The van der Waals surface area contributed by atoms with E-state index < -0.39 is 0 Å². The normalized spacial score (nSPS) is 10.3. The monoisotopic (exact) mass is 281 g/mol. The van der Waals surface area contributed by atoms with Gasteiger partial charge >= 0.3 is 0 Å². The van der Waals surface area contributed by atoms with E-state index in [1.54, 1.807) is 12.1 Å². The first kappa shape index (κ1) is 12.6. The lowest BCUT2D eigenvalue weighted by molar-refractivity contribution is 1.21. The SMILES string of the molecule is Cl.Nc1nc(-c2cccc(Cl)c2)nc2nc[nH]c12. The molecule has 0 unspecified atom stereocenters. The van der Waals surface area contributed by atoms with Gasteiger partial charge < -0.3 is 10.7 Å². The fourth-order valence-electron chi connectivity index (χ4n) is 1.61. The zero-order chi connectivity index (χ0) is 11.8. The van der Waals surface area contributed by atoms with Gasteiger partial charge in [-0.2, -0.15) is 0 Å². The second-order valence-corrected chi connectivity index (χ2v) is 3.98. The summed E-state index contributed by atoms with van der Waals surface area (Å²) in [5, 5.41) is 0.631. The van der Waals surface area contributed by atoms with Crippen molar-refractivity contribution in [3.8, 4) is 11.4 Å². The smallest absolute Gasteiger partial charge is 0.183 e. The number of nitrogen functional groups attached to an aromatic ring is 1. The van der Waals surface area contributed by atoms with E-state index in [1.807, 2.05) is 12.1 Å². The minimum absolute atomic E-state index is 0. The molecule has 0 aliphatic heterocycles. The van der Waals surface area contributed by atoms with Gasteiger partial charge in [-0.05, 0) is 12.1 Å². The first-order valence-electron chi connectivity index (χ1n) is 4.96.